The van der Waals surface area contributed by atoms with Gasteiger partial charge in [-0.1, -0.05) is 0 Å². The maximum atomic E-state index is 5.96. The van der Waals surface area contributed by atoms with E-state index < -0.39 is 0 Å². The Morgan fingerprint density at radius 2 is 2.12 bits per heavy atom. The van der Waals surface area contributed by atoms with Crippen LogP contribution in [0.2, 0.25) is 0 Å². The quantitative estimate of drug-likeness (QED) is 0.754. The van der Waals surface area contributed by atoms with Crippen molar-refractivity contribution >= 4 is 5.82 Å². The number of nitrogens with two attached hydrogens (primary N) is 1. The Morgan fingerprint density at radius 3 is 2.88 bits per heavy atom. The van der Waals surface area contributed by atoms with Crippen LogP contribution in [0.4, 0.5) is 5.82 Å². The van der Waals surface area contributed by atoms with Crippen LogP contribution in [0.1, 0.15) is 22.4 Å². The standard InChI is InChI=1S/C19H22N6O/c1-11-6-13(7-14-10-25(3)5-4-15(11)14)16-8-21-18(20)19(23-16)26-17-9-22-24-12(17)2/h6-9H,4-5,10H2,1-3H3,(H2,20,21)(H,22,24). The highest BCUT2D eigenvalue weighted by molar-refractivity contribution is 5.64. The summed E-state index contributed by atoms with van der Waals surface area (Å²) in [5.41, 5.74) is 12.6. The van der Waals surface area contributed by atoms with Crippen molar-refractivity contribution in [1.29, 1.82) is 0 Å². The smallest absolute Gasteiger partial charge is 0.263 e. The number of fused-ring (bicyclic) bond motifs is 1. The molecule has 26 heavy (non-hydrogen) atoms. The summed E-state index contributed by atoms with van der Waals surface area (Å²) >= 11 is 0. The van der Waals surface area contributed by atoms with Gasteiger partial charge >= 0.3 is 0 Å². The van der Waals surface area contributed by atoms with Gasteiger partial charge in [0.2, 0.25) is 0 Å². The van der Waals surface area contributed by atoms with E-state index in [1.54, 1.807) is 12.4 Å². The van der Waals surface area contributed by atoms with Gasteiger partial charge in [0, 0.05) is 18.7 Å². The molecule has 0 bridgehead atoms. The molecule has 0 aliphatic carbocycles. The van der Waals surface area contributed by atoms with Crippen molar-refractivity contribution < 1.29 is 4.74 Å². The van der Waals surface area contributed by atoms with E-state index in [0.717, 1.165) is 36.5 Å². The first-order chi connectivity index (χ1) is 12.5. The number of aromatic nitrogens is 4. The number of nitrogens with zero attached hydrogens (tertiary/aromatic N) is 4. The van der Waals surface area contributed by atoms with Crippen LogP contribution >= 0.6 is 0 Å². The molecule has 0 saturated heterocycles. The number of benzene rings is 1. The molecule has 3 N–H and O–H groups in total. The average molecular weight is 350 g/mol. The van der Waals surface area contributed by atoms with Crippen LogP contribution in [0.15, 0.2) is 24.5 Å². The zero-order valence-electron chi connectivity index (χ0n) is 15.2. The van der Waals surface area contributed by atoms with E-state index in [1.807, 2.05) is 6.92 Å². The molecule has 2 aromatic heterocycles. The van der Waals surface area contributed by atoms with E-state index >= 15 is 0 Å². The van der Waals surface area contributed by atoms with Gasteiger partial charge in [-0.2, -0.15) is 5.10 Å². The van der Waals surface area contributed by atoms with Crippen molar-refractivity contribution in [2.45, 2.75) is 26.8 Å². The lowest BCUT2D eigenvalue weighted by molar-refractivity contribution is 0.312. The Morgan fingerprint density at radius 1 is 1.27 bits per heavy atom. The van der Waals surface area contributed by atoms with Crippen LogP contribution in [0.5, 0.6) is 11.6 Å². The lowest BCUT2D eigenvalue weighted by atomic mass is 9.92. The summed E-state index contributed by atoms with van der Waals surface area (Å²) in [6.45, 7) is 6.05. The van der Waals surface area contributed by atoms with Gasteiger partial charge in [-0.15, -0.1) is 0 Å². The fourth-order valence-corrected chi connectivity index (χ4v) is 3.36. The van der Waals surface area contributed by atoms with Gasteiger partial charge in [-0.3, -0.25) is 5.10 Å². The second-order valence-corrected chi connectivity index (χ2v) is 6.80. The van der Waals surface area contributed by atoms with Crippen molar-refractivity contribution in [3.05, 3.63) is 46.9 Å². The van der Waals surface area contributed by atoms with E-state index in [-0.39, 0.29) is 5.82 Å². The molecule has 0 unspecified atom stereocenters. The fraction of sp³-hybridized carbons (Fsp3) is 0.316. The summed E-state index contributed by atoms with van der Waals surface area (Å²) in [6.07, 6.45) is 4.44. The van der Waals surface area contributed by atoms with E-state index in [9.17, 15) is 0 Å². The molecule has 1 aliphatic rings. The van der Waals surface area contributed by atoms with E-state index in [0.29, 0.717) is 11.6 Å². The molecule has 0 amide bonds. The first-order valence-electron chi connectivity index (χ1n) is 8.63. The van der Waals surface area contributed by atoms with Crippen molar-refractivity contribution in [3.63, 3.8) is 0 Å². The first-order valence-corrected chi connectivity index (χ1v) is 8.63. The molecule has 7 heteroatoms. The third kappa shape index (κ3) is 3.01. The number of aromatic amines is 1. The van der Waals surface area contributed by atoms with Crippen LogP contribution in [-0.2, 0) is 13.0 Å². The first kappa shape index (κ1) is 16.5. The molecule has 134 valence electrons. The number of likely N-dealkylation sites (N-methyl/N-ethyl adjacent to an activating group) is 1. The highest BCUT2D eigenvalue weighted by atomic mass is 16.5. The van der Waals surface area contributed by atoms with Gasteiger partial charge in [0.15, 0.2) is 11.6 Å². The van der Waals surface area contributed by atoms with Crippen LogP contribution in [0, 0.1) is 13.8 Å². The maximum absolute atomic E-state index is 5.96. The normalized spacial score (nSPS) is 14.3. The Bertz CT molecular complexity index is 965. The van der Waals surface area contributed by atoms with Crippen LogP contribution in [0.3, 0.4) is 0 Å². The maximum Gasteiger partial charge on any atom is 0.263 e. The van der Waals surface area contributed by atoms with Gasteiger partial charge in [0.05, 0.1) is 18.1 Å². The highest BCUT2D eigenvalue weighted by Gasteiger charge is 2.18. The Hall–Kier alpha value is -2.93. The molecule has 3 aromatic rings. The number of H-pyrrole nitrogens is 1. The third-order valence-corrected chi connectivity index (χ3v) is 4.80. The highest BCUT2D eigenvalue weighted by Crippen LogP contribution is 2.31. The molecule has 0 atom stereocenters. The van der Waals surface area contributed by atoms with Gasteiger partial charge in [-0.05, 0) is 56.1 Å². The predicted molar refractivity (Wildman–Crippen MR) is 100 cm³/mol. The number of aryl methyl sites for hydroxylation is 2. The fourth-order valence-electron chi connectivity index (χ4n) is 3.36. The summed E-state index contributed by atoms with van der Waals surface area (Å²) < 4.78 is 5.80. The zero-order valence-corrected chi connectivity index (χ0v) is 15.2. The summed E-state index contributed by atoms with van der Waals surface area (Å²) in [7, 11) is 2.15. The van der Waals surface area contributed by atoms with Crippen LogP contribution in [0.25, 0.3) is 11.3 Å². The summed E-state index contributed by atoms with van der Waals surface area (Å²) in [5.74, 6) is 1.13. The molecule has 1 aromatic carbocycles. The monoisotopic (exact) mass is 350 g/mol. The topological polar surface area (TPSA) is 92.9 Å². The molecular weight excluding hydrogens is 328 g/mol. The molecule has 4 rings (SSSR count). The Labute approximate surface area is 152 Å². The summed E-state index contributed by atoms with van der Waals surface area (Å²) in [6, 6.07) is 4.36. The second kappa shape index (κ2) is 6.42. The lowest BCUT2D eigenvalue weighted by Gasteiger charge is -2.27. The van der Waals surface area contributed by atoms with Gasteiger partial charge in [0.1, 0.15) is 5.69 Å². The van der Waals surface area contributed by atoms with Gasteiger partial charge < -0.3 is 15.4 Å². The molecule has 3 heterocycles. The van der Waals surface area contributed by atoms with Crippen molar-refractivity contribution in [1.82, 2.24) is 25.1 Å². The number of ether oxygens (including phenoxy) is 1. The summed E-state index contributed by atoms with van der Waals surface area (Å²) in [4.78, 5) is 11.2. The molecule has 0 radical (unpaired) electrons. The zero-order chi connectivity index (χ0) is 18.3. The number of anilines is 1. The minimum atomic E-state index is 0.253. The number of rotatable bonds is 3. The average Bonchev–Trinajstić information content (AvgIpc) is 3.01. The van der Waals surface area contributed by atoms with Crippen molar-refractivity contribution in [3.8, 4) is 22.9 Å². The number of nitrogen functional groups attached to an aromatic ring is 1. The van der Waals surface area contributed by atoms with Crippen LogP contribution < -0.4 is 10.5 Å². The molecule has 0 saturated carbocycles. The molecule has 0 fully saturated rings. The third-order valence-electron chi connectivity index (χ3n) is 4.80. The SMILES string of the molecule is Cc1cc(-c2cnc(N)c(Oc3c[nH]nc3C)n2)cc2c1CCN(C)C2. The van der Waals surface area contributed by atoms with E-state index in [1.165, 1.54) is 16.7 Å². The van der Waals surface area contributed by atoms with Gasteiger partial charge in [-0.25, -0.2) is 9.97 Å². The van der Waals surface area contributed by atoms with Crippen molar-refractivity contribution in [2.75, 3.05) is 19.3 Å². The molecule has 0 spiro atoms. The molecule has 7 nitrogen and oxygen atoms in total. The Balaban J connectivity index is 1.72. The van der Waals surface area contributed by atoms with E-state index in [4.69, 9.17) is 10.5 Å². The summed E-state index contributed by atoms with van der Waals surface area (Å²) in [5, 5.41) is 6.81. The van der Waals surface area contributed by atoms with E-state index in [2.05, 4.69) is 51.2 Å². The number of nitrogens with one attached hydrogen (secondary N) is 1. The molecular formula is C19H22N6O. The van der Waals surface area contributed by atoms with Crippen molar-refractivity contribution in [2.24, 2.45) is 0 Å². The minimum Gasteiger partial charge on any atom is -0.432 e. The number of hydrogen-bond donors (Lipinski definition) is 2. The Kier molecular flexibility index (Phi) is 4.08. The number of hydrogen-bond acceptors (Lipinski definition) is 6. The molecule has 1 aliphatic heterocycles. The predicted octanol–water partition coefficient (Wildman–Crippen LogP) is 2.85. The van der Waals surface area contributed by atoms with Gasteiger partial charge in [0.25, 0.3) is 5.88 Å². The largest absolute Gasteiger partial charge is 0.432 e. The lowest BCUT2D eigenvalue weighted by Crippen LogP contribution is -2.27. The second-order valence-electron chi connectivity index (χ2n) is 6.80. The van der Waals surface area contributed by atoms with Crippen LogP contribution in [-0.4, -0.2) is 38.7 Å². The minimum absolute atomic E-state index is 0.253.